The highest BCUT2D eigenvalue weighted by atomic mass is 32.2. The number of halogens is 2. The molecule has 7 heteroatoms. The van der Waals surface area contributed by atoms with E-state index >= 15 is 0 Å². The first-order valence-electron chi connectivity index (χ1n) is 6.53. The Morgan fingerprint density at radius 2 is 2.00 bits per heavy atom. The van der Waals surface area contributed by atoms with E-state index in [1.54, 1.807) is 0 Å². The number of hydrogen-bond acceptors (Lipinski definition) is 3. The van der Waals surface area contributed by atoms with Crippen molar-refractivity contribution in [3.05, 3.63) is 29.3 Å². The van der Waals surface area contributed by atoms with Crippen molar-refractivity contribution >= 4 is 10.0 Å². The van der Waals surface area contributed by atoms with E-state index in [1.807, 2.05) is 0 Å². The normalized spacial score (nSPS) is 23.2. The molecular weight excluding hydrogens is 286 g/mol. The Morgan fingerprint density at radius 3 is 2.65 bits per heavy atom. The van der Waals surface area contributed by atoms with Crippen molar-refractivity contribution < 1.29 is 17.2 Å². The lowest BCUT2D eigenvalue weighted by molar-refractivity contribution is 0.450. The van der Waals surface area contributed by atoms with Gasteiger partial charge in [0.2, 0.25) is 10.0 Å². The fourth-order valence-corrected chi connectivity index (χ4v) is 3.98. The second-order valence-electron chi connectivity index (χ2n) is 5.19. The van der Waals surface area contributed by atoms with Crippen molar-refractivity contribution in [1.29, 1.82) is 0 Å². The number of hydrogen-bond donors (Lipinski definition) is 2. The molecule has 0 heterocycles. The van der Waals surface area contributed by atoms with Gasteiger partial charge in [0.15, 0.2) is 0 Å². The molecule has 2 atom stereocenters. The highest BCUT2D eigenvalue weighted by Crippen LogP contribution is 2.27. The van der Waals surface area contributed by atoms with Crippen LogP contribution < -0.4 is 10.5 Å². The Labute approximate surface area is 117 Å². The summed E-state index contributed by atoms with van der Waals surface area (Å²) in [5.74, 6) is -1.64. The van der Waals surface area contributed by atoms with Crippen LogP contribution in [-0.2, 0) is 10.0 Å². The molecule has 0 aromatic heterocycles. The van der Waals surface area contributed by atoms with Crippen molar-refractivity contribution in [2.45, 2.75) is 37.1 Å². The number of rotatable bonds is 4. The van der Waals surface area contributed by atoms with Gasteiger partial charge in [-0.15, -0.1) is 0 Å². The standard InChI is InChI=1S/C13H18F2N2O2S/c1-8-5-11(15)13(6-10(8)14)20(18,19)17-12-4-2-3-9(12)7-16/h5-6,9,12,17H,2-4,7,16H2,1H3/t9-,12+/m0/s1. The van der Waals surface area contributed by atoms with E-state index in [1.165, 1.54) is 6.92 Å². The number of nitrogens with one attached hydrogen (secondary N) is 1. The predicted octanol–water partition coefficient (Wildman–Crippen LogP) is 1.68. The molecule has 1 aromatic rings. The smallest absolute Gasteiger partial charge is 0.243 e. The van der Waals surface area contributed by atoms with Crippen LogP contribution in [0, 0.1) is 24.5 Å². The summed E-state index contributed by atoms with van der Waals surface area (Å²) in [6.07, 6.45) is 2.38. The maximum Gasteiger partial charge on any atom is 0.243 e. The molecule has 1 saturated carbocycles. The van der Waals surface area contributed by atoms with Crippen molar-refractivity contribution in [1.82, 2.24) is 4.72 Å². The second-order valence-corrected chi connectivity index (χ2v) is 6.87. The van der Waals surface area contributed by atoms with Gasteiger partial charge in [0.1, 0.15) is 16.5 Å². The molecule has 3 N–H and O–H groups in total. The van der Waals surface area contributed by atoms with Crippen LogP contribution in [0.1, 0.15) is 24.8 Å². The zero-order valence-electron chi connectivity index (χ0n) is 11.2. The maximum absolute atomic E-state index is 13.8. The minimum atomic E-state index is -4.08. The molecule has 1 aliphatic carbocycles. The fourth-order valence-electron chi connectivity index (χ4n) is 2.57. The Bertz CT molecular complexity index is 605. The van der Waals surface area contributed by atoms with Gasteiger partial charge in [-0.25, -0.2) is 21.9 Å². The highest BCUT2D eigenvalue weighted by Gasteiger charge is 2.31. The second kappa shape index (κ2) is 5.75. The van der Waals surface area contributed by atoms with E-state index in [0.29, 0.717) is 13.0 Å². The van der Waals surface area contributed by atoms with Gasteiger partial charge >= 0.3 is 0 Å². The van der Waals surface area contributed by atoms with Gasteiger partial charge < -0.3 is 5.73 Å². The molecule has 1 aromatic carbocycles. The van der Waals surface area contributed by atoms with E-state index in [-0.39, 0.29) is 17.5 Å². The van der Waals surface area contributed by atoms with Gasteiger partial charge in [0, 0.05) is 6.04 Å². The monoisotopic (exact) mass is 304 g/mol. The summed E-state index contributed by atoms with van der Waals surface area (Å²) in [5, 5.41) is 0. The Balaban J connectivity index is 2.29. The van der Waals surface area contributed by atoms with Gasteiger partial charge in [-0.05, 0) is 49.9 Å². The molecule has 4 nitrogen and oxygen atoms in total. The lowest BCUT2D eigenvalue weighted by atomic mass is 10.1. The summed E-state index contributed by atoms with van der Waals surface area (Å²) in [7, 11) is -4.08. The quantitative estimate of drug-likeness (QED) is 0.889. The van der Waals surface area contributed by atoms with Crippen LogP contribution in [0.25, 0.3) is 0 Å². The minimum Gasteiger partial charge on any atom is -0.330 e. The lowest BCUT2D eigenvalue weighted by Gasteiger charge is -2.19. The number of nitrogens with two attached hydrogens (primary N) is 1. The lowest BCUT2D eigenvalue weighted by Crippen LogP contribution is -2.40. The average molecular weight is 304 g/mol. The highest BCUT2D eigenvalue weighted by molar-refractivity contribution is 7.89. The maximum atomic E-state index is 13.8. The van der Waals surface area contributed by atoms with E-state index in [2.05, 4.69) is 4.72 Å². The van der Waals surface area contributed by atoms with Crippen LogP contribution in [-0.4, -0.2) is 21.0 Å². The Morgan fingerprint density at radius 1 is 1.30 bits per heavy atom. The fraction of sp³-hybridized carbons (Fsp3) is 0.538. The Kier molecular flexibility index (Phi) is 4.41. The third-order valence-electron chi connectivity index (χ3n) is 3.77. The Hall–Kier alpha value is -1.05. The first-order valence-corrected chi connectivity index (χ1v) is 8.01. The van der Waals surface area contributed by atoms with Crippen LogP contribution in [0.5, 0.6) is 0 Å². The summed E-state index contributed by atoms with van der Waals surface area (Å²) in [5.41, 5.74) is 5.66. The van der Waals surface area contributed by atoms with Gasteiger partial charge in [-0.3, -0.25) is 0 Å². The average Bonchev–Trinajstić information content (AvgIpc) is 2.80. The molecule has 0 unspecified atom stereocenters. The van der Waals surface area contributed by atoms with Gasteiger partial charge in [-0.1, -0.05) is 6.42 Å². The molecule has 0 saturated heterocycles. The molecule has 0 radical (unpaired) electrons. The van der Waals surface area contributed by atoms with E-state index in [4.69, 9.17) is 5.73 Å². The van der Waals surface area contributed by atoms with Crippen LogP contribution >= 0.6 is 0 Å². The third-order valence-corrected chi connectivity index (χ3v) is 5.28. The molecular formula is C13H18F2N2O2S. The van der Waals surface area contributed by atoms with Crippen molar-refractivity contribution in [2.75, 3.05) is 6.54 Å². The molecule has 0 spiro atoms. The first-order chi connectivity index (χ1) is 9.35. The van der Waals surface area contributed by atoms with Gasteiger partial charge in [-0.2, -0.15) is 0 Å². The zero-order valence-corrected chi connectivity index (χ0v) is 12.0. The van der Waals surface area contributed by atoms with E-state index < -0.39 is 26.6 Å². The molecule has 2 rings (SSSR count). The molecule has 0 aliphatic heterocycles. The summed E-state index contributed by atoms with van der Waals surface area (Å²) < 4.78 is 54.0. The van der Waals surface area contributed by atoms with Gasteiger partial charge in [0.05, 0.1) is 0 Å². The zero-order chi connectivity index (χ0) is 14.9. The summed E-state index contributed by atoms with van der Waals surface area (Å²) in [6.45, 7) is 1.75. The van der Waals surface area contributed by atoms with E-state index in [9.17, 15) is 17.2 Å². The van der Waals surface area contributed by atoms with Crippen LogP contribution in [0.3, 0.4) is 0 Å². The van der Waals surface area contributed by atoms with Gasteiger partial charge in [0.25, 0.3) is 0 Å². The van der Waals surface area contributed by atoms with E-state index in [0.717, 1.165) is 25.0 Å². The molecule has 20 heavy (non-hydrogen) atoms. The van der Waals surface area contributed by atoms with Crippen molar-refractivity contribution in [2.24, 2.45) is 11.7 Å². The first kappa shape index (κ1) is 15.3. The third kappa shape index (κ3) is 2.99. The summed E-state index contributed by atoms with van der Waals surface area (Å²) in [4.78, 5) is -0.650. The van der Waals surface area contributed by atoms with Crippen LogP contribution in [0.15, 0.2) is 17.0 Å². The molecule has 0 bridgehead atoms. The van der Waals surface area contributed by atoms with Crippen molar-refractivity contribution in [3.8, 4) is 0 Å². The number of sulfonamides is 1. The summed E-state index contributed by atoms with van der Waals surface area (Å²) in [6, 6.07) is 1.30. The molecule has 0 amide bonds. The predicted molar refractivity (Wildman–Crippen MR) is 71.6 cm³/mol. The number of aryl methyl sites for hydroxylation is 1. The van der Waals surface area contributed by atoms with Crippen LogP contribution in [0.2, 0.25) is 0 Å². The van der Waals surface area contributed by atoms with Crippen molar-refractivity contribution in [3.63, 3.8) is 0 Å². The molecule has 1 fully saturated rings. The SMILES string of the molecule is Cc1cc(F)c(S(=O)(=O)N[C@@H]2CCC[C@H]2CN)cc1F. The molecule has 112 valence electrons. The minimum absolute atomic E-state index is 0.0446. The summed E-state index contributed by atoms with van der Waals surface area (Å²) >= 11 is 0. The number of benzene rings is 1. The molecule has 1 aliphatic rings. The van der Waals surface area contributed by atoms with Crippen LogP contribution in [0.4, 0.5) is 8.78 Å². The largest absolute Gasteiger partial charge is 0.330 e. The topological polar surface area (TPSA) is 72.2 Å².